The van der Waals surface area contributed by atoms with Crippen molar-refractivity contribution in [3.8, 4) is 0 Å². The largest absolute Gasteiger partial charge is 0.342 e. The number of aromatic nitrogens is 2. The number of benzene rings is 3. The molecule has 0 radical (unpaired) electrons. The third-order valence-electron chi connectivity index (χ3n) is 6.55. The second-order valence-electron chi connectivity index (χ2n) is 9.47. The molecule has 40 heavy (non-hydrogen) atoms. The quantitative estimate of drug-likeness (QED) is 0.226. The van der Waals surface area contributed by atoms with Crippen LogP contribution in [0.5, 0.6) is 0 Å². The molecule has 4 aromatic rings. The molecule has 1 fully saturated rings. The van der Waals surface area contributed by atoms with Crippen LogP contribution in [-0.4, -0.2) is 39.8 Å². The number of anilines is 5. The van der Waals surface area contributed by atoms with Crippen LogP contribution in [0.3, 0.4) is 0 Å². The smallest absolute Gasteiger partial charge is 0.255 e. The molecule has 0 saturated carbocycles. The van der Waals surface area contributed by atoms with E-state index in [0.717, 1.165) is 37.7 Å². The van der Waals surface area contributed by atoms with Gasteiger partial charge in [-0.3, -0.25) is 9.59 Å². The lowest BCUT2D eigenvalue weighted by Crippen LogP contribution is -2.36. The first-order chi connectivity index (χ1) is 19.4. The number of hydrogen-bond acceptors (Lipinski definition) is 6. The molecule has 5 rings (SSSR count). The Morgan fingerprint density at radius 2 is 1.55 bits per heavy atom. The Morgan fingerprint density at radius 3 is 2.27 bits per heavy atom. The number of amides is 2. The number of para-hydroxylation sites is 1. The van der Waals surface area contributed by atoms with E-state index in [1.165, 1.54) is 6.42 Å². The van der Waals surface area contributed by atoms with Crippen LogP contribution in [0.4, 0.5) is 33.2 Å². The van der Waals surface area contributed by atoms with E-state index in [4.69, 9.17) is 11.6 Å². The highest BCUT2D eigenvalue weighted by molar-refractivity contribution is 6.33. The lowest BCUT2D eigenvalue weighted by molar-refractivity contribution is -0.131. The maximum atomic E-state index is 14.5. The van der Waals surface area contributed by atoms with E-state index in [1.807, 2.05) is 29.2 Å². The average molecular weight is 559 g/mol. The Labute approximate surface area is 236 Å². The fraction of sp³-hybridized carbons (Fsp3) is 0.200. The van der Waals surface area contributed by atoms with Crippen molar-refractivity contribution in [1.29, 1.82) is 0 Å². The molecule has 0 spiro atoms. The summed E-state index contributed by atoms with van der Waals surface area (Å²) in [5, 5.41) is 9.19. The van der Waals surface area contributed by atoms with Gasteiger partial charge in [0.05, 0.1) is 23.3 Å². The number of rotatable bonds is 8. The summed E-state index contributed by atoms with van der Waals surface area (Å²) in [4.78, 5) is 35.3. The van der Waals surface area contributed by atoms with E-state index in [1.54, 1.807) is 48.5 Å². The first-order valence-electron chi connectivity index (χ1n) is 13.0. The van der Waals surface area contributed by atoms with Crippen molar-refractivity contribution in [1.82, 2.24) is 14.9 Å². The maximum absolute atomic E-state index is 14.5. The molecular formula is C30H28ClFN6O2. The highest BCUT2D eigenvalue weighted by atomic mass is 35.5. The van der Waals surface area contributed by atoms with Gasteiger partial charge in [0.15, 0.2) is 11.6 Å². The first-order valence-corrected chi connectivity index (χ1v) is 13.4. The van der Waals surface area contributed by atoms with Crippen LogP contribution in [0, 0.1) is 5.82 Å². The second-order valence-corrected chi connectivity index (χ2v) is 9.87. The normalized spacial score (nSPS) is 13.0. The number of carbonyl (C=O) groups excluding carboxylic acids is 2. The van der Waals surface area contributed by atoms with Crippen molar-refractivity contribution in [3.05, 3.63) is 101 Å². The first kappa shape index (κ1) is 27.1. The molecule has 1 aliphatic rings. The van der Waals surface area contributed by atoms with E-state index in [0.29, 0.717) is 34.1 Å². The lowest BCUT2D eigenvalue weighted by Gasteiger charge is -2.26. The van der Waals surface area contributed by atoms with Gasteiger partial charge in [-0.25, -0.2) is 9.37 Å². The monoisotopic (exact) mass is 558 g/mol. The third kappa shape index (κ3) is 6.92. The summed E-state index contributed by atoms with van der Waals surface area (Å²) in [6.07, 6.45) is 4.76. The van der Waals surface area contributed by atoms with Crippen LogP contribution in [-0.2, 0) is 11.2 Å². The van der Waals surface area contributed by atoms with Crippen LogP contribution in [0.2, 0.25) is 5.02 Å². The van der Waals surface area contributed by atoms with Gasteiger partial charge in [0.1, 0.15) is 0 Å². The zero-order valence-electron chi connectivity index (χ0n) is 21.7. The Morgan fingerprint density at radius 1 is 0.875 bits per heavy atom. The Kier molecular flexibility index (Phi) is 8.51. The van der Waals surface area contributed by atoms with Crippen LogP contribution in [0.1, 0.15) is 35.2 Å². The summed E-state index contributed by atoms with van der Waals surface area (Å²) in [6.45, 7) is 1.67. The van der Waals surface area contributed by atoms with Crippen molar-refractivity contribution >= 4 is 52.2 Å². The molecule has 0 aliphatic carbocycles. The predicted molar refractivity (Wildman–Crippen MR) is 155 cm³/mol. The lowest BCUT2D eigenvalue weighted by atomic mass is 10.1. The van der Waals surface area contributed by atoms with Gasteiger partial charge >= 0.3 is 0 Å². The van der Waals surface area contributed by atoms with Gasteiger partial charge in [-0.2, -0.15) is 4.98 Å². The standard InChI is InChI=1S/C30H28ClFN6O2/c31-24-6-2-3-7-26(24)36-29(40)21-10-14-22(15-11-21)34-28-25(32)19-33-30(37-28)35-23-12-8-20(9-13-23)18-27(39)38-16-4-1-5-17-38/h2-3,6-15,19H,1,4-5,16-18H2,(H,36,40)(H2,33,34,35,37). The minimum absolute atomic E-state index is 0.0190. The van der Waals surface area contributed by atoms with Crippen molar-refractivity contribution in [3.63, 3.8) is 0 Å². The summed E-state index contributed by atoms with van der Waals surface area (Å²) in [7, 11) is 0. The summed E-state index contributed by atoms with van der Waals surface area (Å²) < 4.78 is 14.5. The van der Waals surface area contributed by atoms with Crippen LogP contribution < -0.4 is 16.0 Å². The van der Waals surface area contributed by atoms with E-state index >= 15 is 0 Å². The van der Waals surface area contributed by atoms with Gasteiger partial charge in [-0.1, -0.05) is 35.9 Å². The molecule has 3 aromatic carbocycles. The Hall–Kier alpha value is -4.50. The van der Waals surface area contributed by atoms with Gasteiger partial charge in [0.25, 0.3) is 5.91 Å². The van der Waals surface area contributed by atoms with E-state index in [2.05, 4.69) is 25.9 Å². The number of carbonyl (C=O) groups is 2. The molecule has 1 aromatic heterocycles. The molecule has 0 atom stereocenters. The molecule has 10 heteroatoms. The summed E-state index contributed by atoms with van der Waals surface area (Å²) in [5.74, 6) is -0.613. The van der Waals surface area contributed by atoms with Crippen LogP contribution in [0.15, 0.2) is 79.0 Å². The van der Waals surface area contributed by atoms with Gasteiger partial charge in [-0.05, 0) is 73.4 Å². The number of hydrogen-bond donors (Lipinski definition) is 3. The van der Waals surface area contributed by atoms with Crippen molar-refractivity contribution in [2.24, 2.45) is 0 Å². The topological polar surface area (TPSA) is 99.2 Å². The maximum Gasteiger partial charge on any atom is 0.255 e. The molecule has 0 bridgehead atoms. The van der Waals surface area contributed by atoms with Gasteiger partial charge in [0, 0.05) is 30.0 Å². The summed E-state index contributed by atoms with van der Waals surface area (Å²) in [6, 6.07) is 21.0. The number of likely N-dealkylation sites (tertiary alicyclic amines) is 1. The fourth-order valence-corrected chi connectivity index (χ4v) is 4.56. The average Bonchev–Trinajstić information content (AvgIpc) is 2.98. The molecule has 2 amide bonds. The van der Waals surface area contributed by atoms with Crippen molar-refractivity contribution < 1.29 is 14.0 Å². The molecule has 3 N–H and O–H groups in total. The SMILES string of the molecule is O=C(Nc1ccccc1Cl)c1ccc(Nc2nc(Nc3ccc(CC(=O)N4CCCCC4)cc3)ncc2F)cc1. The Balaban J connectivity index is 1.19. The van der Waals surface area contributed by atoms with Gasteiger partial charge < -0.3 is 20.9 Å². The number of halogens is 2. The highest BCUT2D eigenvalue weighted by Crippen LogP contribution is 2.24. The molecule has 1 aliphatic heterocycles. The molecule has 0 unspecified atom stereocenters. The zero-order chi connectivity index (χ0) is 27.9. The van der Waals surface area contributed by atoms with E-state index < -0.39 is 5.82 Å². The fourth-order valence-electron chi connectivity index (χ4n) is 4.38. The van der Waals surface area contributed by atoms with Crippen molar-refractivity contribution in [2.45, 2.75) is 25.7 Å². The van der Waals surface area contributed by atoms with E-state index in [-0.39, 0.29) is 23.6 Å². The summed E-state index contributed by atoms with van der Waals surface area (Å²) in [5.41, 5.74) is 3.10. The van der Waals surface area contributed by atoms with Crippen LogP contribution in [0.25, 0.3) is 0 Å². The minimum atomic E-state index is -0.627. The van der Waals surface area contributed by atoms with Crippen molar-refractivity contribution in [2.75, 3.05) is 29.0 Å². The zero-order valence-corrected chi connectivity index (χ0v) is 22.4. The highest BCUT2D eigenvalue weighted by Gasteiger charge is 2.17. The molecule has 204 valence electrons. The van der Waals surface area contributed by atoms with E-state index in [9.17, 15) is 14.0 Å². The van der Waals surface area contributed by atoms with Crippen LogP contribution >= 0.6 is 11.6 Å². The minimum Gasteiger partial charge on any atom is -0.342 e. The van der Waals surface area contributed by atoms with Gasteiger partial charge in [-0.15, -0.1) is 0 Å². The Bertz CT molecular complexity index is 1490. The summed E-state index contributed by atoms with van der Waals surface area (Å²) >= 11 is 6.11. The third-order valence-corrected chi connectivity index (χ3v) is 6.88. The molecular weight excluding hydrogens is 531 g/mol. The van der Waals surface area contributed by atoms with Gasteiger partial charge in [0.2, 0.25) is 11.9 Å². The number of piperidine rings is 1. The molecule has 1 saturated heterocycles. The second kappa shape index (κ2) is 12.6. The molecule has 8 nitrogen and oxygen atoms in total. The number of nitrogens with one attached hydrogen (secondary N) is 3. The number of nitrogens with zero attached hydrogens (tertiary/aromatic N) is 3. The molecule has 2 heterocycles. The predicted octanol–water partition coefficient (Wildman–Crippen LogP) is 6.56.